The quantitative estimate of drug-likeness (QED) is 0.262. The third kappa shape index (κ3) is 6.71. The fraction of sp³-hybridized carbons (Fsp3) is 0.261. The number of benzene rings is 2. The second-order valence-corrected chi connectivity index (χ2v) is 7.40. The maximum absolute atomic E-state index is 11.5. The first-order valence-corrected chi connectivity index (χ1v) is 10.8. The Morgan fingerprint density at radius 1 is 1.12 bits per heavy atom. The Bertz CT molecular complexity index is 1050. The van der Waals surface area contributed by atoms with Gasteiger partial charge in [-0.2, -0.15) is 5.10 Å². The molecular formula is C23H25N3O5S. The summed E-state index contributed by atoms with van der Waals surface area (Å²) in [5.74, 6) is 1.75. The maximum atomic E-state index is 11.5. The molecule has 32 heavy (non-hydrogen) atoms. The molecule has 1 aromatic heterocycles. The van der Waals surface area contributed by atoms with Crippen LogP contribution in [-0.4, -0.2) is 38.0 Å². The molecule has 0 amide bonds. The number of rotatable bonds is 11. The van der Waals surface area contributed by atoms with Crippen LogP contribution < -0.4 is 19.6 Å². The number of thiazole rings is 1. The fourth-order valence-electron chi connectivity index (χ4n) is 2.73. The van der Waals surface area contributed by atoms with Crippen LogP contribution in [0.25, 0.3) is 0 Å². The van der Waals surface area contributed by atoms with Crippen molar-refractivity contribution in [3.63, 3.8) is 0 Å². The number of carbonyl (C=O) groups is 1. The highest BCUT2D eigenvalue weighted by atomic mass is 32.1. The number of anilines is 1. The molecule has 0 atom stereocenters. The van der Waals surface area contributed by atoms with E-state index in [1.165, 1.54) is 11.3 Å². The lowest BCUT2D eigenvalue weighted by atomic mass is 10.2. The molecule has 0 spiro atoms. The van der Waals surface area contributed by atoms with E-state index in [1.54, 1.807) is 32.7 Å². The van der Waals surface area contributed by atoms with Crippen LogP contribution in [0.4, 0.5) is 5.13 Å². The van der Waals surface area contributed by atoms with Crippen molar-refractivity contribution in [2.24, 2.45) is 5.10 Å². The molecule has 0 aliphatic rings. The van der Waals surface area contributed by atoms with Gasteiger partial charge in [0, 0.05) is 5.38 Å². The van der Waals surface area contributed by atoms with Gasteiger partial charge in [0.15, 0.2) is 11.5 Å². The topological polar surface area (TPSA) is 91.3 Å². The first-order valence-electron chi connectivity index (χ1n) is 9.94. The number of aromatic nitrogens is 1. The Morgan fingerprint density at radius 3 is 2.66 bits per heavy atom. The molecule has 0 unspecified atom stereocenters. The highest BCUT2D eigenvalue weighted by molar-refractivity contribution is 7.13. The molecule has 3 rings (SSSR count). The molecule has 0 saturated heterocycles. The van der Waals surface area contributed by atoms with Gasteiger partial charge in [-0.3, -0.25) is 10.2 Å². The van der Waals surface area contributed by atoms with Gasteiger partial charge in [0.2, 0.25) is 5.13 Å². The second-order valence-electron chi connectivity index (χ2n) is 6.54. The van der Waals surface area contributed by atoms with Crippen LogP contribution in [0, 0.1) is 0 Å². The molecule has 168 valence electrons. The van der Waals surface area contributed by atoms with Gasteiger partial charge in [-0.05, 0) is 48.4 Å². The van der Waals surface area contributed by atoms with E-state index in [0.717, 1.165) is 16.9 Å². The molecule has 0 saturated carbocycles. The van der Waals surface area contributed by atoms with Crippen LogP contribution in [-0.2, 0) is 22.6 Å². The molecule has 0 fully saturated rings. The summed E-state index contributed by atoms with van der Waals surface area (Å²) in [7, 11) is 3.23. The van der Waals surface area contributed by atoms with E-state index in [9.17, 15) is 4.79 Å². The van der Waals surface area contributed by atoms with Crippen molar-refractivity contribution in [3.8, 4) is 17.2 Å². The van der Waals surface area contributed by atoms with Gasteiger partial charge in [-0.25, -0.2) is 4.98 Å². The largest absolute Gasteiger partial charge is 0.497 e. The summed E-state index contributed by atoms with van der Waals surface area (Å²) in [4.78, 5) is 15.8. The highest BCUT2D eigenvalue weighted by Gasteiger charge is 2.08. The predicted octanol–water partition coefficient (Wildman–Crippen LogP) is 4.29. The summed E-state index contributed by atoms with van der Waals surface area (Å²) < 4.78 is 21.4. The number of carbonyl (C=O) groups excluding carboxylic acids is 1. The van der Waals surface area contributed by atoms with Gasteiger partial charge < -0.3 is 18.9 Å². The number of methoxy groups -OCH3 is 2. The Balaban J connectivity index is 1.56. The zero-order valence-corrected chi connectivity index (χ0v) is 19.0. The number of hydrazone groups is 1. The second kappa shape index (κ2) is 11.7. The van der Waals surface area contributed by atoms with E-state index in [1.807, 2.05) is 42.5 Å². The molecule has 0 radical (unpaired) electrons. The van der Waals surface area contributed by atoms with Crippen LogP contribution >= 0.6 is 11.3 Å². The third-order valence-corrected chi connectivity index (χ3v) is 5.09. The summed E-state index contributed by atoms with van der Waals surface area (Å²) in [5.41, 5.74) is 5.36. The molecule has 9 heteroatoms. The average molecular weight is 456 g/mol. The number of hydrogen-bond donors (Lipinski definition) is 1. The van der Waals surface area contributed by atoms with E-state index >= 15 is 0 Å². The maximum Gasteiger partial charge on any atom is 0.311 e. The highest BCUT2D eigenvalue weighted by Crippen LogP contribution is 2.28. The molecule has 2 aromatic carbocycles. The van der Waals surface area contributed by atoms with E-state index in [-0.39, 0.29) is 12.4 Å². The minimum absolute atomic E-state index is 0.144. The monoisotopic (exact) mass is 455 g/mol. The van der Waals surface area contributed by atoms with Crippen LogP contribution in [0.2, 0.25) is 0 Å². The average Bonchev–Trinajstić information content (AvgIpc) is 3.25. The zero-order chi connectivity index (χ0) is 22.8. The zero-order valence-electron chi connectivity index (χ0n) is 18.2. The van der Waals surface area contributed by atoms with Gasteiger partial charge in [-0.15, -0.1) is 11.3 Å². The van der Waals surface area contributed by atoms with Crippen LogP contribution in [0.3, 0.4) is 0 Å². The number of ether oxygens (including phenoxy) is 4. The summed E-state index contributed by atoms with van der Waals surface area (Å²) in [6, 6.07) is 13.2. The van der Waals surface area contributed by atoms with Gasteiger partial charge >= 0.3 is 5.97 Å². The molecule has 3 aromatic rings. The Morgan fingerprint density at radius 2 is 1.94 bits per heavy atom. The molecule has 0 aliphatic heterocycles. The summed E-state index contributed by atoms with van der Waals surface area (Å²) in [6.07, 6.45) is 1.80. The Labute approximate surface area is 190 Å². The first kappa shape index (κ1) is 23.1. The molecule has 0 bridgehead atoms. The standard InChI is InChI=1S/C23H25N3O5S/c1-4-30-22(27)12-18-15-32-23(25-18)26-24-13-17-7-10-20(21(11-17)29-3)31-14-16-5-8-19(28-2)9-6-16/h5-11,13,15H,4,12,14H2,1-3H3,(H,25,26). The lowest BCUT2D eigenvalue weighted by Crippen LogP contribution is -2.07. The van der Waals surface area contributed by atoms with Crippen molar-refractivity contribution in [1.29, 1.82) is 0 Å². The van der Waals surface area contributed by atoms with Crippen molar-refractivity contribution in [2.45, 2.75) is 20.0 Å². The molecule has 8 nitrogen and oxygen atoms in total. The number of nitrogens with one attached hydrogen (secondary N) is 1. The van der Waals surface area contributed by atoms with E-state index < -0.39 is 0 Å². The normalized spacial score (nSPS) is 10.7. The molecule has 1 heterocycles. The fourth-order valence-corrected chi connectivity index (χ4v) is 3.39. The van der Waals surface area contributed by atoms with Gasteiger partial charge in [0.1, 0.15) is 12.4 Å². The molecule has 1 N–H and O–H groups in total. The van der Waals surface area contributed by atoms with E-state index in [4.69, 9.17) is 18.9 Å². The van der Waals surface area contributed by atoms with Gasteiger partial charge in [-0.1, -0.05) is 12.1 Å². The third-order valence-electron chi connectivity index (χ3n) is 4.30. The Kier molecular flexibility index (Phi) is 8.44. The number of nitrogens with zero attached hydrogens (tertiary/aromatic N) is 2. The first-order chi connectivity index (χ1) is 15.6. The van der Waals surface area contributed by atoms with Crippen molar-refractivity contribution in [1.82, 2.24) is 4.98 Å². The lowest BCUT2D eigenvalue weighted by molar-refractivity contribution is -0.142. The Hall–Kier alpha value is -3.59. The SMILES string of the molecule is CCOC(=O)Cc1csc(NN=Cc2ccc(OCc3ccc(OC)cc3)c(OC)c2)n1. The van der Waals surface area contributed by atoms with Crippen molar-refractivity contribution in [2.75, 3.05) is 26.3 Å². The lowest BCUT2D eigenvalue weighted by Gasteiger charge is -2.11. The minimum Gasteiger partial charge on any atom is -0.497 e. The van der Waals surface area contributed by atoms with Crippen molar-refractivity contribution < 1.29 is 23.7 Å². The van der Waals surface area contributed by atoms with Crippen LogP contribution in [0.1, 0.15) is 23.7 Å². The van der Waals surface area contributed by atoms with Crippen LogP contribution in [0.15, 0.2) is 52.9 Å². The van der Waals surface area contributed by atoms with E-state index in [2.05, 4.69) is 15.5 Å². The van der Waals surface area contributed by atoms with Gasteiger partial charge in [0.05, 0.1) is 39.2 Å². The number of hydrogen-bond acceptors (Lipinski definition) is 9. The van der Waals surface area contributed by atoms with Gasteiger partial charge in [0.25, 0.3) is 0 Å². The smallest absolute Gasteiger partial charge is 0.311 e. The van der Waals surface area contributed by atoms with Crippen LogP contribution in [0.5, 0.6) is 17.2 Å². The summed E-state index contributed by atoms with van der Waals surface area (Å²) >= 11 is 1.37. The van der Waals surface area contributed by atoms with E-state index in [0.29, 0.717) is 35.5 Å². The minimum atomic E-state index is -0.297. The summed E-state index contributed by atoms with van der Waals surface area (Å²) in [6.45, 7) is 2.54. The van der Waals surface area contributed by atoms with Crippen molar-refractivity contribution in [3.05, 3.63) is 64.7 Å². The molecular weight excluding hydrogens is 430 g/mol. The number of esters is 1. The summed E-state index contributed by atoms with van der Waals surface area (Å²) in [5, 5.41) is 6.59. The molecule has 0 aliphatic carbocycles. The van der Waals surface area contributed by atoms with Crippen molar-refractivity contribution >= 4 is 28.7 Å². The predicted molar refractivity (Wildman–Crippen MR) is 124 cm³/mol.